The summed E-state index contributed by atoms with van der Waals surface area (Å²) in [5.74, 6) is 0.706. The predicted molar refractivity (Wildman–Crippen MR) is 140 cm³/mol. The van der Waals surface area contributed by atoms with Gasteiger partial charge in [0.2, 0.25) is 0 Å². The molecule has 0 saturated carbocycles. The number of carbonyl (C=O) groups excluding carboxylic acids is 1. The summed E-state index contributed by atoms with van der Waals surface area (Å²) in [5.41, 5.74) is 0.619. The fourth-order valence-corrected chi connectivity index (χ4v) is 2.69. The van der Waals surface area contributed by atoms with Gasteiger partial charge < -0.3 is 47.4 Å². The third kappa shape index (κ3) is 23.1. The van der Waals surface area contributed by atoms with Crippen molar-refractivity contribution in [2.45, 2.75) is 0 Å². The van der Waals surface area contributed by atoms with Crippen LogP contribution < -0.4 is 4.74 Å². The van der Waals surface area contributed by atoms with Gasteiger partial charge in [-0.05, 0) is 24.3 Å². The Kier molecular flexibility index (Phi) is 24.9. The van der Waals surface area contributed by atoms with Gasteiger partial charge in [0.25, 0.3) is 0 Å². The molecule has 1 rings (SSSR count). The van der Waals surface area contributed by atoms with Crippen LogP contribution in [0.15, 0.2) is 37.1 Å². The minimum atomic E-state index is 0.434. The highest BCUT2D eigenvalue weighted by Gasteiger charge is 1.97. The summed E-state index contributed by atoms with van der Waals surface area (Å²) in [6.07, 6.45) is 2.19. The molecule has 38 heavy (non-hydrogen) atoms. The van der Waals surface area contributed by atoms with Crippen molar-refractivity contribution in [2.24, 2.45) is 0 Å². The SMILES string of the molecule is C=COCCOCCOCCOCCOCCOCCOCCOCCOCCOc1ccc(C=O)cc1. The smallest absolute Gasteiger partial charge is 0.150 e. The molecule has 11 nitrogen and oxygen atoms in total. The second kappa shape index (κ2) is 27.9. The maximum absolute atomic E-state index is 10.6. The van der Waals surface area contributed by atoms with Gasteiger partial charge in [0, 0.05) is 5.56 Å². The molecule has 0 atom stereocenters. The molecule has 0 aromatic heterocycles. The van der Waals surface area contributed by atoms with E-state index in [0.29, 0.717) is 130 Å². The van der Waals surface area contributed by atoms with Crippen LogP contribution in [0.5, 0.6) is 5.75 Å². The average Bonchev–Trinajstić information content (AvgIpc) is 2.95. The van der Waals surface area contributed by atoms with Gasteiger partial charge in [0.05, 0.1) is 112 Å². The van der Waals surface area contributed by atoms with Crippen molar-refractivity contribution in [3.8, 4) is 5.75 Å². The van der Waals surface area contributed by atoms with Gasteiger partial charge in [0.1, 0.15) is 25.2 Å². The summed E-state index contributed by atoms with van der Waals surface area (Å²) in [4.78, 5) is 10.6. The Morgan fingerprint density at radius 2 is 0.789 bits per heavy atom. The molecule has 0 fully saturated rings. The molecule has 0 aliphatic rings. The second-order valence-corrected chi connectivity index (χ2v) is 7.47. The Labute approximate surface area is 226 Å². The zero-order valence-corrected chi connectivity index (χ0v) is 22.4. The molecular weight excluding hydrogens is 500 g/mol. The molecule has 0 aliphatic carbocycles. The first-order valence-electron chi connectivity index (χ1n) is 12.9. The molecule has 0 unspecified atom stereocenters. The lowest BCUT2D eigenvalue weighted by Crippen LogP contribution is -2.15. The van der Waals surface area contributed by atoms with E-state index in [1.807, 2.05) is 0 Å². The van der Waals surface area contributed by atoms with Crippen LogP contribution in [-0.2, 0) is 42.6 Å². The molecule has 1 aromatic rings. The highest BCUT2D eigenvalue weighted by atomic mass is 16.6. The molecule has 0 heterocycles. The molecule has 0 bridgehead atoms. The van der Waals surface area contributed by atoms with Crippen LogP contribution in [0.2, 0.25) is 0 Å². The van der Waals surface area contributed by atoms with Crippen LogP contribution >= 0.6 is 0 Å². The molecule has 218 valence electrons. The molecule has 0 radical (unpaired) electrons. The van der Waals surface area contributed by atoms with E-state index in [1.165, 1.54) is 6.26 Å². The lowest BCUT2D eigenvalue weighted by atomic mass is 10.2. The number of rotatable bonds is 30. The molecule has 0 saturated heterocycles. The summed E-state index contributed by atoms with van der Waals surface area (Å²) < 4.78 is 53.8. The third-order valence-electron chi connectivity index (χ3n) is 4.58. The Hall–Kier alpha value is -2.09. The van der Waals surface area contributed by atoms with Crippen LogP contribution in [0.25, 0.3) is 0 Å². The van der Waals surface area contributed by atoms with Gasteiger partial charge in [-0.2, -0.15) is 0 Å². The van der Waals surface area contributed by atoms with E-state index in [4.69, 9.17) is 47.4 Å². The van der Waals surface area contributed by atoms with Crippen molar-refractivity contribution in [3.05, 3.63) is 42.7 Å². The monoisotopic (exact) mass is 544 g/mol. The standard InChI is InChI=1S/C27H44O11/c1-2-29-7-8-30-9-10-31-11-12-32-13-14-33-15-16-34-17-18-35-19-20-36-21-22-37-23-24-38-27-5-3-26(25-28)4-6-27/h2-6,25H,1,7-24H2. The first kappa shape index (κ1) is 33.9. The highest BCUT2D eigenvalue weighted by Crippen LogP contribution is 2.10. The molecule has 0 N–H and O–H groups in total. The summed E-state index contributed by atoms with van der Waals surface area (Å²) in [6.45, 7) is 12.5. The zero-order chi connectivity index (χ0) is 27.2. The normalized spacial score (nSPS) is 10.9. The fraction of sp³-hybridized carbons (Fsp3) is 0.667. The second-order valence-electron chi connectivity index (χ2n) is 7.47. The van der Waals surface area contributed by atoms with Gasteiger partial charge in [-0.3, -0.25) is 4.79 Å². The van der Waals surface area contributed by atoms with E-state index in [1.54, 1.807) is 24.3 Å². The minimum absolute atomic E-state index is 0.434. The van der Waals surface area contributed by atoms with E-state index in [9.17, 15) is 4.79 Å². The first-order chi connectivity index (χ1) is 18.9. The van der Waals surface area contributed by atoms with Gasteiger partial charge in [-0.25, -0.2) is 0 Å². The third-order valence-corrected chi connectivity index (χ3v) is 4.58. The van der Waals surface area contributed by atoms with Crippen LogP contribution in [-0.4, -0.2) is 125 Å². The number of hydrogen-bond donors (Lipinski definition) is 0. The summed E-state index contributed by atoms with van der Waals surface area (Å²) in [5, 5.41) is 0. The number of carbonyl (C=O) groups is 1. The minimum Gasteiger partial charge on any atom is -0.499 e. The number of ether oxygens (including phenoxy) is 10. The summed E-state index contributed by atoms with van der Waals surface area (Å²) in [7, 11) is 0. The lowest BCUT2D eigenvalue weighted by Gasteiger charge is -2.09. The maximum atomic E-state index is 10.6. The van der Waals surface area contributed by atoms with Crippen molar-refractivity contribution in [1.29, 1.82) is 0 Å². The molecule has 0 spiro atoms. The van der Waals surface area contributed by atoms with Crippen molar-refractivity contribution in [2.75, 3.05) is 119 Å². The number of benzene rings is 1. The number of hydrogen-bond acceptors (Lipinski definition) is 11. The Morgan fingerprint density at radius 1 is 0.474 bits per heavy atom. The van der Waals surface area contributed by atoms with Crippen LogP contribution in [0.1, 0.15) is 10.4 Å². The van der Waals surface area contributed by atoms with E-state index in [-0.39, 0.29) is 0 Å². The van der Waals surface area contributed by atoms with E-state index < -0.39 is 0 Å². The van der Waals surface area contributed by atoms with Gasteiger partial charge in [-0.1, -0.05) is 6.58 Å². The predicted octanol–water partition coefficient (Wildman–Crippen LogP) is 2.17. The molecule has 11 heteroatoms. The Morgan fingerprint density at radius 3 is 1.11 bits per heavy atom. The fourth-order valence-electron chi connectivity index (χ4n) is 2.69. The molecule has 1 aromatic carbocycles. The van der Waals surface area contributed by atoms with E-state index >= 15 is 0 Å². The van der Waals surface area contributed by atoms with Gasteiger partial charge in [0.15, 0.2) is 0 Å². The Bertz CT molecular complexity index is 642. The highest BCUT2D eigenvalue weighted by molar-refractivity contribution is 5.74. The topological polar surface area (TPSA) is 109 Å². The van der Waals surface area contributed by atoms with Gasteiger partial charge >= 0.3 is 0 Å². The molecule has 0 aliphatic heterocycles. The van der Waals surface area contributed by atoms with Crippen LogP contribution in [0.4, 0.5) is 0 Å². The quantitative estimate of drug-likeness (QED) is 0.0807. The summed E-state index contributed by atoms with van der Waals surface area (Å²) in [6, 6.07) is 6.93. The van der Waals surface area contributed by atoms with Crippen molar-refractivity contribution in [3.63, 3.8) is 0 Å². The number of aldehydes is 1. The first-order valence-corrected chi connectivity index (χ1v) is 12.9. The van der Waals surface area contributed by atoms with Crippen molar-refractivity contribution in [1.82, 2.24) is 0 Å². The largest absolute Gasteiger partial charge is 0.499 e. The van der Waals surface area contributed by atoms with E-state index in [2.05, 4.69) is 6.58 Å². The van der Waals surface area contributed by atoms with Crippen molar-refractivity contribution < 1.29 is 52.2 Å². The summed E-state index contributed by atoms with van der Waals surface area (Å²) >= 11 is 0. The van der Waals surface area contributed by atoms with Crippen LogP contribution in [0, 0.1) is 0 Å². The molecule has 0 amide bonds. The van der Waals surface area contributed by atoms with Crippen LogP contribution in [0.3, 0.4) is 0 Å². The lowest BCUT2D eigenvalue weighted by molar-refractivity contribution is -0.0244. The Balaban J connectivity index is 1.66. The molecular formula is C27H44O11. The van der Waals surface area contributed by atoms with E-state index in [0.717, 1.165) is 6.29 Å². The zero-order valence-electron chi connectivity index (χ0n) is 22.4. The average molecular weight is 545 g/mol. The van der Waals surface area contributed by atoms with Crippen molar-refractivity contribution >= 4 is 6.29 Å². The maximum Gasteiger partial charge on any atom is 0.150 e. The van der Waals surface area contributed by atoms with Gasteiger partial charge in [-0.15, -0.1) is 0 Å².